The molecule has 4 aromatic rings. The van der Waals surface area contributed by atoms with E-state index in [-0.39, 0.29) is 0 Å². The number of ether oxygens (including phenoxy) is 1. The number of rotatable bonds is 2. The summed E-state index contributed by atoms with van der Waals surface area (Å²) in [5.74, 6) is 1.16. The van der Waals surface area contributed by atoms with Crippen molar-refractivity contribution in [3.8, 4) is 11.6 Å². The summed E-state index contributed by atoms with van der Waals surface area (Å²) >= 11 is 1.26. The lowest BCUT2D eigenvalue weighted by molar-refractivity contribution is 0.461. The molecule has 3 nitrogen and oxygen atoms in total. The van der Waals surface area contributed by atoms with Gasteiger partial charge in [-0.1, -0.05) is 39.9 Å². The van der Waals surface area contributed by atoms with Gasteiger partial charge in [-0.25, -0.2) is 0 Å². The van der Waals surface area contributed by atoms with Gasteiger partial charge in [0.25, 0.3) is 5.88 Å². The van der Waals surface area contributed by atoms with Crippen molar-refractivity contribution in [2.75, 3.05) is 0 Å². The molecular weight excluding hydrogens is 268 g/mol. The average molecular weight is 277 g/mol. The SMILES string of the molecule is [c]1c(Oc2csnn2)ccc2cc3ccccc3cc12. The van der Waals surface area contributed by atoms with Gasteiger partial charge >= 0.3 is 0 Å². The van der Waals surface area contributed by atoms with Gasteiger partial charge in [0.1, 0.15) is 5.75 Å². The topological polar surface area (TPSA) is 35.0 Å². The van der Waals surface area contributed by atoms with E-state index in [0.29, 0.717) is 11.6 Å². The van der Waals surface area contributed by atoms with Gasteiger partial charge in [-0.3, -0.25) is 0 Å². The lowest BCUT2D eigenvalue weighted by Gasteiger charge is -2.05. The number of benzene rings is 3. The highest BCUT2D eigenvalue weighted by molar-refractivity contribution is 7.03. The maximum atomic E-state index is 5.62. The van der Waals surface area contributed by atoms with Crippen LogP contribution in [0, 0.1) is 6.07 Å². The van der Waals surface area contributed by atoms with Crippen molar-refractivity contribution in [1.29, 1.82) is 0 Å². The molecule has 4 rings (SSSR count). The lowest BCUT2D eigenvalue weighted by Crippen LogP contribution is -1.85. The first kappa shape index (κ1) is 11.4. The Bertz CT molecular complexity index is 887. The fourth-order valence-corrected chi connectivity index (χ4v) is 2.58. The normalized spacial score (nSPS) is 11.0. The standard InChI is InChI=1S/C16H9N2OS/c1-2-4-12-8-14-9-15(19-16-10-20-18-17-16)6-5-13(14)7-11(12)3-1/h1-8,10H. The van der Waals surface area contributed by atoms with E-state index in [2.05, 4.69) is 39.9 Å². The third-order valence-electron chi connectivity index (χ3n) is 3.14. The van der Waals surface area contributed by atoms with Crippen LogP contribution in [0.25, 0.3) is 21.5 Å². The minimum absolute atomic E-state index is 0.506. The summed E-state index contributed by atoms with van der Waals surface area (Å²) < 4.78 is 9.39. The van der Waals surface area contributed by atoms with Gasteiger partial charge in [0.2, 0.25) is 0 Å². The Morgan fingerprint density at radius 3 is 2.60 bits per heavy atom. The zero-order valence-corrected chi connectivity index (χ0v) is 11.2. The molecule has 0 atom stereocenters. The second-order valence-electron chi connectivity index (χ2n) is 4.45. The maximum absolute atomic E-state index is 5.62. The molecule has 0 amide bonds. The van der Waals surface area contributed by atoms with Gasteiger partial charge < -0.3 is 4.74 Å². The molecule has 0 saturated carbocycles. The van der Waals surface area contributed by atoms with E-state index in [9.17, 15) is 0 Å². The number of hydrogen-bond acceptors (Lipinski definition) is 4. The van der Waals surface area contributed by atoms with Crippen LogP contribution >= 0.6 is 11.5 Å². The van der Waals surface area contributed by atoms with Crippen LogP contribution in [-0.2, 0) is 0 Å². The average Bonchev–Trinajstić information content (AvgIpc) is 2.98. The second-order valence-corrected chi connectivity index (χ2v) is 5.06. The first-order valence-corrected chi connectivity index (χ1v) is 7.02. The van der Waals surface area contributed by atoms with Gasteiger partial charge in [-0.15, -0.1) is 0 Å². The van der Waals surface area contributed by atoms with Gasteiger partial charge in [0.15, 0.2) is 0 Å². The van der Waals surface area contributed by atoms with Gasteiger partial charge in [0, 0.05) is 6.07 Å². The van der Waals surface area contributed by atoms with E-state index in [0.717, 1.165) is 10.8 Å². The Morgan fingerprint density at radius 2 is 1.80 bits per heavy atom. The van der Waals surface area contributed by atoms with Crippen molar-refractivity contribution >= 4 is 33.1 Å². The van der Waals surface area contributed by atoms with E-state index < -0.39 is 0 Å². The first-order valence-electron chi connectivity index (χ1n) is 6.18. The minimum atomic E-state index is 0.506. The summed E-state index contributed by atoms with van der Waals surface area (Å²) in [4.78, 5) is 0. The predicted molar refractivity (Wildman–Crippen MR) is 80.3 cm³/mol. The van der Waals surface area contributed by atoms with Crippen molar-refractivity contribution in [1.82, 2.24) is 9.59 Å². The number of nitrogens with zero attached hydrogens (tertiary/aromatic N) is 2. The molecule has 0 bridgehead atoms. The molecule has 4 heteroatoms. The zero-order chi connectivity index (χ0) is 13.4. The fourth-order valence-electron chi connectivity index (χ4n) is 2.22. The van der Waals surface area contributed by atoms with E-state index in [1.165, 1.54) is 22.3 Å². The van der Waals surface area contributed by atoms with Gasteiger partial charge in [-0.2, -0.15) is 0 Å². The van der Waals surface area contributed by atoms with Crippen molar-refractivity contribution in [2.45, 2.75) is 0 Å². The van der Waals surface area contributed by atoms with Crippen molar-refractivity contribution in [2.24, 2.45) is 0 Å². The molecule has 0 spiro atoms. The molecule has 95 valence electrons. The summed E-state index contributed by atoms with van der Waals surface area (Å²) in [6.45, 7) is 0. The highest BCUT2D eigenvalue weighted by Gasteiger charge is 2.03. The van der Waals surface area contributed by atoms with Crippen LogP contribution < -0.4 is 4.74 Å². The van der Waals surface area contributed by atoms with Crippen LogP contribution in [0.4, 0.5) is 0 Å². The molecule has 0 unspecified atom stereocenters. The molecule has 0 aliphatic heterocycles. The van der Waals surface area contributed by atoms with Gasteiger partial charge in [0.05, 0.1) is 5.38 Å². The summed E-state index contributed by atoms with van der Waals surface area (Å²) in [7, 11) is 0. The Labute approximate surface area is 119 Å². The van der Waals surface area contributed by atoms with E-state index in [1.807, 2.05) is 24.3 Å². The van der Waals surface area contributed by atoms with Crippen molar-refractivity contribution in [3.05, 3.63) is 60.0 Å². The van der Waals surface area contributed by atoms with Crippen molar-refractivity contribution in [3.63, 3.8) is 0 Å². The Kier molecular flexibility index (Phi) is 2.60. The van der Waals surface area contributed by atoms with Crippen molar-refractivity contribution < 1.29 is 4.74 Å². The van der Waals surface area contributed by atoms with Crippen LogP contribution in [-0.4, -0.2) is 9.59 Å². The largest absolute Gasteiger partial charge is 0.436 e. The highest BCUT2D eigenvalue weighted by Crippen LogP contribution is 2.27. The maximum Gasteiger partial charge on any atom is 0.251 e. The van der Waals surface area contributed by atoms with Crippen LogP contribution in [0.15, 0.2) is 53.9 Å². The summed E-state index contributed by atoms with van der Waals surface area (Å²) in [5.41, 5.74) is 0. The van der Waals surface area contributed by atoms with Crippen LogP contribution in [0.2, 0.25) is 0 Å². The summed E-state index contributed by atoms with van der Waals surface area (Å²) in [5, 5.41) is 10.2. The molecule has 1 heterocycles. The lowest BCUT2D eigenvalue weighted by atomic mass is 10.0. The second kappa shape index (κ2) is 4.58. The summed E-state index contributed by atoms with van der Waals surface area (Å²) in [6, 6.07) is 19.8. The molecule has 0 fully saturated rings. The van der Waals surface area contributed by atoms with E-state index in [4.69, 9.17) is 4.74 Å². The Balaban J connectivity index is 1.83. The fraction of sp³-hybridized carbons (Fsp3) is 0. The minimum Gasteiger partial charge on any atom is -0.436 e. The number of aromatic nitrogens is 2. The monoisotopic (exact) mass is 277 g/mol. The molecule has 20 heavy (non-hydrogen) atoms. The third-order valence-corrected chi connectivity index (χ3v) is 3.63. The summed E-state index contributed by atoms with van der Waals surface area (Å²) in [6.07, 6.45) is 0. The van der Waals surface area contributed by atoms with E-state index >= 15 is 0 Å². The molecule has 0 saturated heterocycles. The molecular formula is C16H9N2OS. The van der Waals surface area contributed by atoms with E-state index in [1.54, 1.807) is 5.38 Å². The Hall–Kier alpha value is -2.46. The smallest absolute Gasteiger partial charge is 0.251 e. The first-order chi connectivity index (χ1) is 9.88. The van der Waals surface area contributed by atoms with Crippen LogP contribution in [0.3, 0.4) is 0 Å². The molecule has 0 aliphatic rings. The van der Waals surface area contributed by atoms with Crippen LogP contribution in [0.1, 0.15) is 0 Å². The molecule has 1 aromatic heterocycles. The molecule has 0 aliphatic carbocycles. The quantitative estimate of drug-likeness (QED) is 0.508. The molecule has 1 radical (unpaired) electrons. The van der Waals surface area contributed by atoms with Gasteiger partial charge in [-0.05, 0) is 51.3 Å². The number of hydrogen-bond donors (Lipinski definition) is 0. The number of fused-ring (bicyclic) bond motifs is 2. The van der Waals surface area contributed by atoms with Crippen LogP contribution in [0.5, 0.6) is 11.6 Å². The predicted octanol–water partition coefficient (Wildman–Crippen LogP) is 4.44. The highest BCUT2D eigenvalue weighted by atomic mass is 32.1. The zero-order valence-electron chi connectivity index (χ0n) is 10.4. The Morgan fingerprint density at radius 1 is 0.950 bits per heavy atom. The molecule has 0 N–H and O–H groups in total. The molecule has 3 aromatic carbocycles. The third kappa shape index (κ3) is 2.00.